The molecule has 0 unspecified atom stereocenters. The van der Waals surface area contributed by atoms with E-state index in [0.29, 0.717) is 19.8 Å². The predicted octanol–water partition coefficient (Wildman–Crippen LogP) is 1.37. The maximum atomic E-state index is 11.2. The van der Waals surface area contributed by atoms with Crippen LogP contribution >= 0.6 is 15.9 Å². The van der Waals surface area contributed by atoms with E-state index in [1.165, 1.54) is 0 Å². The van der Waals surface area contributed by atoms with Crippen LogP contribution in [-0.4, -0.2) is 43.8 Å². The van der Waals surface area contributed by atoms with Crippen LogP contribution in [0.3, 0.4) is 0 Å². The maximum Gasteiger partial charge on any atom is 0.322 e. The third kappa shape index (κ3) is 7.29. The first-order chi connectivity index (χ1) is 6.48. The summed E-state index contributed by atoms with van der Waals surface area (Å²) in [5.41, 5.74) is 0. The molecule has 0 amide bonds. The second-order valence-electron chi connectivity index (χ2n) is 3.21. The van der Waals surface area contributed by atoms with E-state index < -0.39 is 4.32 Å². The highest BCUT2D eigenvalue weighted by Crippen LogP contribution is 2.17. The van der Waals surface area contributed by atoms with Crippen LogP contribution < -0.4 is 0 Å². The van der Waals surface area contributed by atoms with Crippen molar-refractivity contribution in [3.8, 4) is 0 Å². The number of esters is 1. The first kappa shape index (κ1) is 13.9. The fourth-order valence-electron chi connectivity index (χ4n) is 0.609. The lowest BCUT2D eigenvalue weighted by atomic mass is 10.2. The fourth-order valence-corrected chi connectivity index (χ4v) is 0.724. The van der Waals surface area contributed by atoms with Gasteiger partial charge >= 0.3 is 5.97 Å². The van der Waals surface area contributed by atoms with Crippen molar-refractivity contribution < 1.29 is 19.0 Å². The van der Waals surface area contributed by atoms with E-state index >= 15 is 0 Å². The number of methoxy groups -OCH3 is 1. The number of hydrogen-bond donors (Lipinski definition) is 0. The SMILES string of the molecule is COCCOCCOC(=O)C(C)(C)Br. The minimum Gasteiger partial charge on any atom is -0.462 e. The van der Waals surface area contributed by atoms with Gasteiger partial charge in [-0.3, -0.25) is 4.79 Å². The van der Waals surface area contributed by atoms with Crippen LogP contribution in [0.5, 0.6) is 0 Å². The zero-order chi connectivity index (χ0) is 11.0. The van der Waals surface area contributed by atoms with Gasteiger partial charge in [-0.05, 0) is 13.8 Å². The Morgan fingerprint density at radius 2 is 1.79 bits per heavy atom. The Kier molecular flexibility index (Phi) is 7.13. The van der Waals surface area contributed by atoms with E-state index in [9.17, 15) is 4.79 Å². The van der Waals surface area contributed by atoms with Crippen molar-refractivity contribution in [3.05, 3.63) is 0 Å². The van der Waals surface area contributed by atoms with E-state index in [-0.39, 0.29) is 12.6 Å². The lowest BCUT2D eigenvalue weighted by Crippen LogP contribution is -2.27. The molecular weight excluding hydrogens is 252 g/mol. The van der Waals surface area contributed by atoms with Gasteiger partial charge in [-0.15, -0.1) is 0 Å². The molecule has 84 valence electrons. The highest BCUT2D eigenvalue weighted by atomic mass is 79.9. The summed E-state index contributed by atoms with van der Waals surface area (Å²) in [7, 11) is 1.61. The molecule has 0 heterocycles. The second kappa shape index (κ2) is 7.20. The highest BCUT2D eigenvalue weighted by molar-refractivity contribution is 9.10. The van der Waals surface area contributed by atoms with Crippen LogP contribution in [0.25, 0.3) is 0 Å². The topological polar surface area (TPSA) is 44.8 Å². The van der Waals surface area contributed by atoms with Crippen LogP contribution in [-0.2, 0) is 19.0 Å². The molecule has 0 bridgehead atoms. The van der Waals surface area contributed by atoms with Crippen LogP contribution in [0, 0.1) is 0 Å². The van der Waals surface area contributed by atoms with E-state index in [4.69, 9.17) is 14.2 Å². The molecule has 4 nitrogen and oxygen atoms in total. The standard InChI is InChI=1S/C9H17BrO4/c1-9(2,10)8(11)14-7-6-13-5-4-12-3/h4-7H2,1-3H3. The molecule has 0 aliphatic rings. The summed E-state index contributed by atoms with van der Waals surface area (Å²) in [6.07, 6.45) is 0. The van der Waals surface area contributed by atoms with Crippen molar-refractivity contribution in [2.24, 2.45) is 0 Å². The Hall–Kier alpha value is -0.130. The molecule has 0 N–H and O–H groups in total. The molecule has 0 aliphatic heterocycles. The number of rotatable bonds is 7. The number of carbonyl (C=O) groups excluding carboxylic acids is 1. The van der Waals surface area contributed by atoms with Crippen molar-refractivity contribution >= 4 is 21.9 Å². The first-order valence-corrected chi connectivity index (χ1v) is 5.20. The molecule has 0 atom stereocenters. The van der Waals surface area contributed by atoms with Gasteiger partial charge < -0.3 is 14.2 Å². The summed E-state index contributed by atoms with van der Waals surface area (Å²) < 4.78 is 14.2. The number of alkyl halides is 1. The number of hydrogen-bond acceptors (Lipinski definition) is 4. The summed E-state index contributed by atoms with van der Waals surface area (Å²) in [6.45, 7) is 5.22. The Morgan fingerprint density at radius 1 is 1.21 bits per heavy atom. The van der Waals surface area contributed by atoms with Gasteiger partial charge in [0.15, 0.2) is 0 Å². The van der Waals surface area contributed by atoms with Gasteiger partial charge in [-0.25, -0.2) is 0 Å². The lowest BCUT2D eigenvalue weighted by Gasteiger charge is -2.14. The lowest BCUT2D eigenvalue weighted by molar-refractivity contribution is -0.147. The molecule has 0 fully saturated rings. The number of halogens is 1. The molecule has 0 rings (SSSR count). The molecule has 0 radical (unpaired) electrons. The number of carbonyl (C=O) groups is 1. The van der Waals surface area contributed by atoms with Gasteiger partial charge in [0.2, 0.25) is 0 Å². The van der Waals surface area contributed by atoms with E-state index in [2.05, 4.69) is 15.9 Å². The molecule has 0 aromatic heterocycles. The molecular formula is C9H17BrO4. The molecule has 14 heavy (non-hydrogen) atoms. The van der Waals surface area contributed by atoms with Crippen molar-refractivity contribution in [2.45, 2.75) is 18.2 Å². The quantitative estimate of drug-likeness (QED) is 0.398. The van der Waals surface area contributed by atoms with Crippen LogP contribution in [0.4, 0.5) is 0 Å². The summed E-state index contributed by atoms with van der Waals surface area (Å²) in [5.74, 6) is -0.284. The Bertz CT molecular complexity index is 165. The smallest absolute Gasteiger partial charge is 0.322 e. The van der Waals surface area contributed by atoms with Gasteiger partial charge in [0, 0.05) is 7.11 Å². The second-order valence-corrected chi connectivity index (χ2v) is 5.20. The third-order valence-electron chi connectivity index (χ3n) is 1.38. The van der Waals surface area contributed by atoms with Gasteiger partial charge in [-0.2, -0.15) is 0 Å². The zero-order valence-corrected chi connectivity index (χ0v) is 10.4. The molecule has 0 aliphatic carbocycles. The monoisotopic (exact) mass is 268 g/mol. The molecule has 0 saturated heterocycles. The highest BCUT2D eigenvalue weighted by Gasteiger charge is 2.24. The van der Waals surface area contributed by atoms with Crippen molar-refractivity contribution in [3.63, 3.8) is 0 Å². The Balaban J connectivity index is 3.33. The minimum absolute atomic E-state index is 0.275. The van der Waals surface area contributed by atoms with Crippen molar-refractivity contribution in [1.29, 1.82) is 0 Å². The van der Waals surface area contributed by atoms with Gasteiger partial charge in [-0.1, -0.05) is 15.9 Å². The van der Waals surface area contributed by atoms with Crippen molar-refractivity contribution in [2.75, 3.05) is 33.5 Å². The van der Waals surface area contributed by atoms with E-state index in [0.717, 1.165) is 0 Å². The molecule has 0 spiro atoms. The summed E-state index contributed by atoms with van der Waals surface area (Å²) in [6, 6.07) is 0. The average molecular weight is 269 g/mol. The normalized spacial score (nSPS) is 11.4. The molecule has 0 aromatic rings. The third-order valence-corrected chi connectivity index (χ3v) is 1.70. The Labute approximate surface area is 93.0 Å². The predicted molar refractivity (Wildman–Crippen MR) is 56.7 cm³/mol. The molecule has 0 aromatic carbocycles. The largest absolute Gasteiger partial charge is 0.462 e. The van der Waals surface area contributed by atoms with E-state index in [1.807, 2.05) is 0 Å². The summed E-state index contributed by atoms with van der Waals surface area (Å²) >= 11 is 3.20. The Morgan fingerprint density at radius 3 is 2.29 bits per heavy atom. The summed E-state index contributed by atoms with van der Waals surface area (Å²) in [4.78, 5) is 11.2. The zero-order valence-electron chi connectivity index (χ0n) is 8.84. The minimum atomic E-state index is -0.625. The van der Waals surface area contributed by atoms with Crippen LogP contribution in [0.2, 0.25) is 0 Å². The van der Waals surface area contributed by atoms with Crippen molar-refractivity contribution in [1.82, 2.24) is 0 Å². The number of ether oxygens (including phenoxy) is 3. The maximum absolute atomic E-state index is 11.2. The van der Waals surface area contributed by atoms with Crippen LogP contribution in [0.15, 0.2) is 0 Å². The average Bonchev–Trinajstić information content (AvgIpc) is 2.09. The molecule has 5 heteroatoms. The van der Waals surface area contributed by atoms with Gasteiger partial charge in [0.25, 0.3) is 0 Å². The fraction of sp³-hybridized carbons (Fsp3) is 0.889. The summed E-state index contributed by atoms with van der Waals surface area (Å²) in [5, 5.41) is 0. The molecule has 0 saturated carbocycles. The van der Waals surface area contributed by atoms with E-state index in [1.54, 1.807) is 21.0 Å². The first-order valence-electron chi connectivity index (χ1n) is 4.41. The van der Waals surface area contributed by atoms with Gasteiger partial charge in [0.1, 0.15) is 10.9 Å². The van der Waals surface area contributed by atoms with Gasteiger partial charge in [0.05, 0.1) is 19.8 Å². The van der Waals surface area contributed by atoms with Crippen LogP contribution in [0.1, 0.15) is 13.8 Å².